The zero-order valence-corrected chi connectivity index (χ0v) is 51.4. The molecule has 0 bridgehead atoms. The molecule has 7 atom stereocenters. The second-order valence-electron chi connectivity index (χ2n) is 22.2. The number of hydrogen-bond donors (Lipinski definition) is 3. The van der Waals surface area contributed by atoms with Crippen molar-refractivity contribution in [2.75, 3.05) is 27.4 Å². The van der Waals surface area contributed by atoms with Crippen molar-refractivity contribution >= 4 is 29.6 Å². The first-order chi connectivity index (χ1) is 40.2. The molecule has 1 aliphatic rings. The third-order valence-corrected chi connectivity index (χ3v) is 16.4. The van der Waals surface area contributed by atoms with E-state index in [9.17, 15) is 24.6 Å². The first kappa shape index (κ1) is 70.0. The average Bonchev–Trinajstić information content (AvgIpc) is 3.66. The molecule has 3 N–H and O–H groups in total. The van der Waals surface area contributed by atoms with E-state index < -0.39 is 60.5 Å². The van der Waals surface area contributed by atoms with Crippen LogP contribution in [-0.2, 0) is 51.3 Å². The Kier molecular flexibility index (Phi) is 38.4. The lowest BCUT2D eigenvalue weighted by Gasteiger charge is -2.44. The fourth-order valence-corrected chi connectivity index (χ4v) is 11.3. The SMILES string of the molecule is CCCCCCCCCCCCC/C=C/[C@@H](OC(=O)CCC(=O)OC[C@H]1O[C@@H](Sc2ccccc2)[C@H](OCc2ccc(OC)cc2)[C@@H](OCc2ccc(OC)cc2)[C@@H]1O)[C@H](CO)NC(=O)CCCCCCCCCCCCCCCCC. The number of unbranched alkanes of at least 4 members (excludes halogenated alkanes) is 25. The predicted octanol–water partition coefficient (Wildman–Crippen LogP) is 15.3. The van der Waals surface area contributed by atoms with Crippen LogP contribution in [0.4, 0.5) is 0 Å². The number of carbonyl (C=O) groups excluding carboxylic acids is 3. The number of ether oxygens (including phenoxy) is 7. The Hall–Kier alpha value is -4.44. The number of thioether (sulfide) groups is 1. The van der Waals surface area contributed by atoms with Crippen LogP contribution in [0.3, 0.4) is 0 Å². The van der Waals surface area contributed by atoms with E-state index in [-0.39, 0.29) is 38.6 Å². The summed E-state index contributed by atoms with van der Waals surface area (Å²) in [7, 11) is 3.21. The van der Waals surface area contributed by atoms with Crippen molar-refractivity contribution in [2.24, 2.45) is 0 Å². The minimum Gasteiger partial charge on any atom is -0.497 e. The molecule has 13 nitrogen and oxygen atoms in total. The van der Waals surface area contributed by atoms with E-state index in [1.54, 1.807) is 20.3 Å². The smallest absolute Gasteiger partial charge is 0.307 e. The lowest BCUT2D eigenvalue weighted by molar-refractivity contribution is -0.239. The van der Waals surface area contributed by atoms with Gasteiger partial charge in [-0.15, -0.1) is 0 Å². The largest absolute Gasteiger partial charge is 0.497 e. The molecule has 3 aromatic carbocycles. The predicted molar refractivity (Wildman–Crippen MR) is 329 cm³/mol. The van der Waals surface area contributed by atoms with Crippen LogP contribution in [0.2, 0.25) is 0 Å². The maximum Gasteiger partial charge on any atom is 0.307 e. The van der Waals surface area contributed by atoms with Gasteiger partial charge in [0, 0.05) is 11.3 Å². The molecule has 1 heterocycles. The third kappa shape index (κ3) is 30.4. The van der Waals surface area contributed by atoms with E-state index in [2.05, 4.69) is 19.2 Å². The Morgan fingerprint density at radius 2 is 1.05 bits per heavy atom. The maximum atomic E-state index is 13.5. The van der Waals surface area contributed by atoms with Crippen molar-refractivity contribution in [3.05, 3.63) is 102 Å². The van der Waals surface area contributed by atoms with Gasteiger partial charge >= 0.3 is 11.9 Å². The van der Waals surface area contributed by atoms with Crippen LogP contribution in [0.5, 0.6) is 11.5 Å². The number of hydrogen-bond acceptors (Lipinski definition) is 13. The zero-order valence-electron chi connectivity index (χ0n) is 50.6. The fraction of sp³-hybridized carbons (Fsp3) is 0.662. The lowest BCUT2D eigenvalue weighted by Crippen LogP contribution is -2.59. The Morgan fingerprint density at radius 1 is 0.585 bits per heavy atom. The number of methoxy groups -OCH3 is 2. The molecule has 0 aromatic heterocycles. The summed E-state index contributed by atoms with van der Waals surface area (Å²) in [5.41, 5.74) is 1.03. The van der Waals surface area contributed by atoms with Gasteiger partial charge < -0.3 is 48.7 Å². The van der Waals surface area contributed by atoms with Gasteiger partial charge in [-0.25, -0.2) is 0 Å². The number of rotatable bonds is 48. The van der Waals surface area contributed by atoms with Gasteiger partial charge in [-0.05, 0) is 72.9 Å². The third-order valence-electron chi connectivity index (χ3n) is 15.3. The molecule has 0 saturated carbocycles. The van der Waals surface area contributed by atoms with Crippen LogP contribution in [0.15, 0.2) is 95.9 Å². The highest BCUT2D eigenvalue weighted by Gasteiger charge is 2.48. The quantitative estimate of drug-likeness (QED) is 0.0278. The molecule has 3 aromatic rings. The highest BCUT2D eigenvalue weighted by Crippen LogP contribution is 2.37. The monoisotopic (exact) mass is 1160 g/mol. The van der Waals surface area contributed by atoms with Gasteiger partial charge in [0.1, 0.15) is 54.1 Å². The van der Waals surface area contributed by atoms with Crippen molar-refractivity contribution < 1.29 is 57.8 Å². The van der Waals surface area contributed by atoms with Gasteiger partial charge in [0.25, 0.3) is 0 Å². The highest BCUT2D eigenvalue weighted by molar-refractivity contribution is 7.99. The summed E-state index contributed by atoms with van der Waals surface area (Å²) in [6.45, 7) is 4.08. The molecule has 0 aliphatic carbocycles. The molecule has 1 amide bonds. The van der Waals surface area contributed by atoms with E-state index >= 15 is 0 Å². The van der Waals surface area contributed by atoms with Gasteiger partial charge in [-0.3, -0.25) is 14.4 Å². The Balaban J connectivity index is 1.32. The second-order valence-corrected chi connectivity index (χ2v) is 23.3. The minimum atomic E-state index is -1.29. The average molecular weight is 1160 g/mol. The first-order valence-electron chi connectivity index (χ1n) is 31.6. The van der Waals surface area contributed by atoms with Crippen molar-refractivity contribution in [2.45, 2.75) is 267 Å². The number of esters is 2. The number of nitrogens with one attached hydrogen (secondary N) is 1. The minimum absolute atomic E-state index is 0.140. The van der Waals surface area contributed by atoms with Crippen molar-refractivity contribution in [3.63, 3.8) is 0 Å². The number of amides is 1. The second kappa shape index (κ2) is 45.0. The van der Waals surface area contributed by atoms with Gasteiger partial charge in [0.05, 0.1) is 52.9 Å². The summed E-state index contributed by atoms with van der Waals surface area (Å²) in [5, 5.41) is 25.5. The zero-order chi connectivity index (χ0) is 58.7. The lowest BCUT2D eigenvalue weighted by atomic mass is 9.99. The molecule has 1 fully saturated rings. The summed E-state index contributed by atoms with van der Waals surface area (Å²) in [6, 6.07) is 23.8. The fourth-order valence-electron chi connectivity index (χ4n) is 10.2. The molecule has 14 heteroatoms. The van der Waals surface area contributed by atoms with Crippen LogP contribution in [0.1, 0.15) is 218 Å². The van der Waals surface area contributed by atoms with Gasteiger partial charge in [0.15, 0.2) is 0 Å². The molecule has 82 heavy (non-hydrogen) atoms. The summed E-state index contributed by atoms with van der Waals surface area (Å²) in [5.74, 6) is -0.144. The number of carbonyl (C=O) groups is 3. The first-order valence-corrected chi connectivity index (χ1v) is 32.5. The number of benzene rings is 3. The topological polar surface area (TPSA) is 168 Å². The van der Waals surface area contributed by atoms with Crippen LogP contribution >= 0.6 is 11.8 Å². The van der Waals surface area contributed by atoms with Crippen LogP contribution < -0.4 is 14.8 Å². The maximum absolute atomic E-state index is 13.5. The van der Waals surface area contributed by atoms with E-state index in [4.69, 9.17) is 33.2 Å². The normalized spacial score (nSPS) is 17.8. The van der Waals surface area contributed by atoms with Crippen molar-refractivity contribution in [1.82, 2.24) is 5.32 Å². The molecule has 1 aliphatic heterocycles. The van der Waals surface area contributed by atoms with Crippen LogP contribution in [0, 0.1) is 0 Å². The Bertz CT molecular complexity index is 2110. The van der Waals surface area contributed by atoms with E-state index in [0.29, 0.717) is 17.9 Å². The van der Waals surface area contributed by atoms with Crippen molar-refractivity contribution in [1.29, 1.82) is 0 Å². The van der Waals surface area contributed by atoms with Crippen molar-refractivity contribution in [3.8, 4) is 11.5 Å². The Labute approximate surface area is 498 Å². The Morgan fingerprint density at radius 3 is 1.54 bits per heavy atom. The van der Waals surface area contributed by atoms with E-state index in [1.807, 2.05) is 84.9 Å². The van der Waals surface area contributed by atoms with Crippen LogP contribution in [-0.4, -0.2) is 97.5 Å². The van der Waals surface area contributed by atoms with E-state index in [1.165, 1.54) is 147 Å². The summed E-state index contributed by atoms with van der Waals surface area (Å²) in [4.78, 5) is 41.1. The standard InChI is InChI=1S/C68H105NO12S/c1-5-7-9-11-13-15-17-19-20-22-24-26-28-30-35-39-62(71)69-59(50-70)60(38-34-29-27-25-23-21-18-16-14-12-10-8-6-2)80-64(73)49-48-63(72)77-53-61-65(74)66(78-51-54-40-44-56(75-3)45-41-54)67(68(81-61)82-58-36-32-31-33-37-58)79-52-55-42-46-57(76-4)47-43-55/h31-34,36-38,40-47,59-61,65-68,70,74H,5-30,35,39,48-53H2,1-4H3,(H,69,71)/b38-34+/t59-,60+,61+,65+,66-,67+,68-/m0/s1. The molecule has 4 rings (SSSR count). The van der Waals surface area contributed by atoms with Gasteiger partial charge in [-0.2, -0.15) is 0 Å². The van der Waals surface area contributed by atoms with E-state index in [0.717, 1.165) is 54.5 Å². The number of allylic oxidation sites excluding steroid dienone is 1. The molecular weight excluding hydrogens is 1050 g/mol. The summed E-state index contributed by atoms with van der Waals surface area (Å²) >= 11 is 1.41. The molecule has 0 unspecified atom stereocenters. The molecule has 460 valence electrons. The molecule has 1 saturated heterocycles. The summed E-state index contributed by atoms with van der Waals surface area (Å²) < 4.78 is 42.0. The van der Waals surface area contributed by atoms with Gasteiger partial charge in [0.2, 0.25) is 5.91 Å². The van der Waals surface area contributed by atoms with Gasteiger partial charge in [-0.1, -0.05) is 228 Å². The van der Waals surface area contributed by atoms with Crippen LogP contribution in [0.25, 0.3) is 0 Å². The number of aliphatic hydroxyl groups excluding tert-OH is 2. The highest BCUT2D eigenvalue weighted by atomic mass is 32.2. The summed E-state index contributed by atoms with van der Waals surface area (Å²) in [6.07, 6.45) is 31.4. The molecule has 0 radical (unpaired) electrons. The number of aliphatic hydroxyl groups is 2. The molecule has 0 spiro atoms. The molecular formula is C68H105NO12S.